The van der Waals surface area contributed by atoms with Crippen LogP contribution < -0.4 is 0 Å². The average Bonchev–Trinajstić information content (AvgIpc) is 1.82. The van der Waals surface area contributed by atoms with Gasteiger partial charge in [0.2, 0.25) is 0 Å². The lowest BCUT2D eigenvalue weighted by atomic mass is 10.1. The predicted octanol–water partition coefficient (Wildman–Crippen LogP) is 0.567. The summed E-state index contributed by atoms with van der Waals surface area (Å²) in [6.07, 6.45) is 1.06. The second-order valence-electron chi connectivity index (χ2n) is 2.72. The fourth-order valence-corrected chi connectivity index (χ4v) is 0.832. The van der Waals surface area contributed by atoms with Crippen LogP contribution in [-0.4, -0.2) is 37.3 Å². The van der Waals surface area contributed by atoms with Crippen molar-refractivity contribution in [2.24, 2.45) is 5.92 Å². The van der Waals surface area contributed by atoms with Gasteiger partial charge in [0.1, 0.15) is 0 Å². The second kappa shape index (κ2) is 4.77. The van der Waals surface area contributed by atoms with E-state index in [0.717, 1.165) is 13.0 Å². The van der Waals surface area contributed by atoms with Crippen molar-refractivity contribution in [3.63, 3.8) is 0 Å². The van der Waals surface area contributed by atoms with Gasteiger partial charge in [0.05, 0.1) is 0 Å². The maximum atomic E-state index is 8.75. The van der Waals surface area contributed by atoms with Crippen LogP contribution in [-0.2, 0) is 0 Å². The van der Waals surface area contributed by atoms with Gasteiger partial charge in [-0.15, -0.1) is 0 Å². The summed E-state index contributed by atoms with van der Waals surface area (Å²) < 4.78 is 0. The molecule has 1 N–H and O–H groups in total. The van der Waals surface area contributed by atoms with Gasteiger partial charge in [0.15, 0.2) is 0 Å². The quantitative estimate of drug-likeness (QED) is 0.603. The van der Waals surface area contributed by atoms with E-state index < -0.39 is 0 Å². The second-order valence-corrected chi connectivity index (χ2v) is 2.72. The molecule has 0 spiro atoms. The Labute approximate surface area is 57.5 Å². The average molecular weight is 131 g/mol. The van der Waals surface area contributed by atoms with Crippen molar-refractivity contribution >= 4 is 0 Å². The zero-order valence-corrected chi connectivity index (χ0v) is 6.59. The fraction of sp³-hybridized carbons (Fsp3) is 1.00. The number of rotatable bonds is 4. The van der Waals surface area contributed by atoms with Crippen molar-refractivity contribution in [1.82, 2.24) is 4.90 Å². The normalized spacial score (nSPS) is 14.3. The summed E-state index contributed by atoms with van der Waals surface area (Å²) in [6, 6.07) is 0. The minimum absolute atomic E-state index is 0.314. The highest BCUT2D eigenvalue weighted by atomic mass is 16.3. The van der Waals surface area contributed by atoms with Gasteiger partial charge in [0, 0.05) is 13.2 Å². The molecule has 2 nitrogen and oxygen atoms in total. The summed E-state index contributed by atoms with van der Waals surface area (Å²) in [4.78, 5) is 2.10. The van der Waals surface area contributed by atoms with Crippen molar-refractivity contribution in [3.8, 4) is 0 Å². The maximum Gasteiger partial charge on any atom is 0.0471 e. The third-order valence-corrected chi connectivity index (χ3v) is 1.46. The summed E-state index contributed by atoms with van der Waals surface area (Å²) in [5.41, 5.74) is 0. The predicted molar refractivity (Wildman–Crippen MR) is 39.4 cm³/mol. The van der Waals surface area contributed by atoms with Crippen LogP contribution in [0, 0.1) is 5.92 Å². The molecule has 0 aliphatic carbocycles. The molecule has 0 amide bonds. The van der Waals surface area contributed by atoms with Crippen LogP contribution in [0.5, 0.6) is 0 Å². The van der Waals surface area contributed by atoms with E-state index in [0.29, 0.717) is 12.5 Å². The number of nitrogens with zero attached hydrogens (tertiary/aromatic N) is 1. The fourth-order valence-electron chi connectivity index (χ4n) is 0.832. The Hall–Kier alpha value is -0.0800. The maximum absolute atomic E-state index is 8.75. The first kappa shape index (κ1) is 8.92. The van der Waals surface area contributed by atoms with Crippen molar-refractivity contribution < 1.29 is 5.11 Å². The Morgan fingerprint density at radius 3 is 2.11 bits per heavy atom. The Bertz CT molecular complexity index is 59.9. The lowest BCUT2D eigenvalue weighted by molar-refractivity contribution is 0.189. The Morgan fingerprint density at radius 2 is 2.00 bits per heavy atom. The van der Waals surface area contributed by atoms with E-state index in [9.17, 15) is 0 Å². The van der Waals surface area contributed by atoms with Crippen LogP contribution in [0.15, 0.2) is 0 Å². The van der Waals surface area contributed by atoms with Gasteiger partial charge in [-0.05, 0) is 26.4 Å². The number of aliphatic hydroxyl groups is 1. The molecule has 0 bridgehead atoms. The molecule has 1 atom stereocenters. The third-order valence-electron chi connectivity index (χ3n) is 1.46. The van der Waals surface area contributed by atoms with Crippen LogP contribution in [0.4, 0.5) is 0 Å². The molecule has 56 valence electrons. The molecule has 0 heterocycles. The summed E-state index contributed by atoms with van der Waals surface area (Å²) in [6.45, 7) is 3.41. The van der Waals surface area contributed by atoms with E-state index in [1.807, 2.05) is 14.1 Å². The Kier molecular flexibility index (Phi) is 4.72. The highest BCUT2D eigenvalue weighted by Crippen LogP contribution is 2.00. The van der Waals surface area contributed by atoms with Gasteiger partial charge in [-0.25, -0.2) is 0 Å². The monoisotopic (exact) mass is 131 g/mol. The zero-order valence-electron chi connectivity index (χ0n) is 6.59. The molecule has 0 saturated carbocycles. The topological polar surface area (TPSA) is 23.5 Å². The smallest absolute Gasteiger partial charge is 0.0471 e. The van der Waals surface area contributed by atoms with Crippen LogP contribution >= 0.6 is 0 Å². The molecule has 0 radical (unpaired) electrons. The molecule has 0 aromatic heterocycles. The molecule has 0 aromatic rings. The van der Waals surface area contributed by atoms with Gasteiger partial charge >= 0.3 is 0 Å². The van der Waals surface area contributed by atoms with E-state index in [1.54, 1.807) is 0 Å². The van der Waals surface area contributed by atoms with E-state index in [-0.39, 0.29) is 0 Å². The SMILES string of the molecule is CCC(CO)CN(C)C. The molecule has 0 rings (SSSR count). The molecule has 0 fully saturated rings. The number of hydrogen-bond donors (Lipinski definition) is 1. The van der Waals surface area contributed by atoms with Gasteiger partial charge < -0.3 is 10.0 Å². The summed E-state index contributed by atoms with van der Waals surface area (Å²) in [7, 11) is 4.05. The van der Waals surface area contributed by atoms with E-state index in [2.05, 4.69) is 11.8 Å². The van der Waals surface area contributed by atoms with Crippen LogP contribution in [0.25, 0.3) is 0 Å². The van der Waals surface area contributed by atoms with E-state index in [4.69, 9.17) is 5.11 Å². The van der Waals surface area contributed by atoms with Gasteiger partial charge in [-0.3, -0.25) is 0 Å². The standard InChI is InChI=1S/C7H17NO/c1-4-7(6-9)5-8(2)3/h7,9H,4-6H2,1-3H3. The van der Waals surface area contributed by atoms with Crippen molar-refractivity contribution in [3.05, 3.63) is 0 Å². The first-order valence-corrected chi connectivity index (χ1v) is 3.46. The summed E-state index contributed by atoms with van der Waals surface area (Å²) in [5, 5.41) is 8.75. The molecular weight excluding hydrogens is 114 g/mol. The van der Waals surface area contributed by atoms with Gasteiger partial charge in [0.25, 0.3) is 0 Å². The highest BCUT2D eigenvalue weighted by Gasteiger charge is 2.03. The molecule has 9 heavy (non-hydrogen) atoms. The van der Waals surface area contributed by atoms with Crippen LogP contribution in [0.2, 0.25) is 0 Å². The lowest BCUT2D eigenvalue weighted by Gasteiger charge is -2.16. The molecule has 0 aromatic carbocycles. The summed E-state index contributed by atoms with van der Waals surface area (Å²) in [5.74, 6) is 0.458. The van der Waals surface area contributed by atoms with Gasteiger partial charge in [-0.1, -0.05) is 6.92 Å². The van der Waals surface area contributed by atoms with Crippen molar-refractivity contribution in [1.29, 1.82) is 0 Å². The Morgan fingerprint density at radius 1 is 1.44 bits per heavy atom. The number of hydrogen-bond acceptors (Lipinski definition) is 2. The summed E-state index contributed by atoms with van der Waals surface area (Å²) >= 11 is 0. The molecule has 0 aliphatic heterocycles. The van der Waals surface area contributed by atoms with Gasteiger partial charge in [-0.2, -0.15) is 0 Å². The van der Waals surface area contributed by atoms with E-state index >= 15 is 0 Å². The number of aliphatic hydroxyl groups excluding tert-OH is 1. The van der Waals surface area contributed by atoms with Crippen LogP contribution in [0.3, 0.4) is 0 Å². The minimum atomic E-state index is 0.314. The van der Waals surface area contributed by atoms with Crippen molar-refractivity contribution in [2.45, 2.75) is 13.3 Å². The van der Waals surface area contributed by atoms with E-state index in [1.165, 1.54) is 0 Å². The first-order valence-electron chi connectivity index (χ1n) is 3.46. The Balaban J connectivity index is 3.31. The molecule has 1 unspecified atom stereocenters. The van der Waals surface area contributed by atoms with Crippen molar-refractivity contribution in [2.75, 3.05) is 27.2 Å². The largest absolute Gasteiger partial charge is 0.396 e. The first-order chi connectivity index (χ1) is 4.20. The third kappa shape index (κ3) is 4.43. The lowest BCUT2D eigenvalue weighted by Crippen LogP contribution is -2.23. The minimum Gasteiger partial charge on any atom is -0.396 e. The molecule has 0 aliphatic rings. The molecule has 2 heteroatoms. The van der Waals surface area contributed by atoms with Crippen LogP contribution in [0.1, 0.15) is 13.3 Å². The highest BCUT2D eigenvalue weighted by molar-refractivity contribution is 4.56. The molecule has 0 saturated heterocycles. The molecular formula is C7H17NO. The zero-order chi connectivity index (χ0) is 7.28.